The predicted molar refractivity (Wildman–Crippen MR) is 99.0 cm³/mol. The van der Waals surface area contributed by atoms with E-state index < -0.39 is 17.6 Å². The molecule has 2 N–H and O–H groups in total. The van der Waals surface area contributed by atoms with Crippen LogP contribution in [0, 0.1) is 0 Å². The van der Waals surface area contributed by atoms with Crippen molar-refractivity contribution in [1.82, 2.24) is 10.3 Å². The van der Waals surface area contributed by atoms with Gasteiger partial charge >= 0.3 is 6.18 Å². The van der Waals surface area contributed by atoms with Crippen LogP contribution in [0.3, 0.4) is 0 Å². The van der Waals surface area contributed by atoms with Gasteiger partial charge in [0.2, 0.25) is 0 Å². The van der Waals surface area contributed by atoms with E-state index in [0.29, 0.717) is 16.6 Å². The van der Waals surface area contributed by atoms with E-state index in [9.17, 15) is 18.0 Å². The van der Waals surface area contributed by atoms with Crippen LogP contribution in [0.25, 0.3) is 10.2 Å². The zero-order chi connectivity index (χ0) is 20.1. The van der Waals surface area contributed by atoms with Crippen molar-refractivity contribution >= 4 is 27.5 Å². The van der Waals surface area contributed by atoms with Crippen LogP contribution in [0.1, 0.15) is 26.5 Å². The van der Waals surface area contributed by atoms with Crippen LogP contribution in [0.15, 0.2) is 42.5 Å². The fourth-order valence-electron chi connectivity index (χ4n) is 2.54. The number of thiazole rings is 1. The third kappa shape index (κ3) is 5.06. The highest BCUT2D eigenvalue weighted by Crippen LogP contribution is 2.29. The Bertz CT molecular complexity index is 972. The van der Waals surface area contributed by atoms with Gasteiger partial charge in [0.25, 0.3) is 5.91 Å². The Morgan fingerprint density at radius 2 is 2.04 bits per heavy atom. The van der Waals surface area contributed by atoms with E-state index in [1.54, 1.807) is 18.2 Å². The highest BCUT2D eigenvalue weighted by Gasteiger charge is 2.30. The van der Waals surface area contributed by atoms with E-state index in [2.05, 4.69) is 10.3 Å². The zero-order valence-corrected chi connectivity index (χ0v) is 15.4. The van der Waals surface area contributed by atoms with E-state index in [-0.39, 0.29) is 26.4 Å². The molecule has 0 radical (unpaired) electrons. The molecule has 1 amide bonds. The molecule has 0 aliphatic carbocycles. The molecule has 9 heteroatoms. The van der Waals surface area contributed by atoms with Gasteiger partial charge in [0.15, 0.2) is 0 Å². The van der Waals surface area contributed by atoms with E-state index in [0.717, 1.165) is 21.8 Å². The first-order chi connectivity index (χ1) is 13.4. The Morgan fingerprint density at radius 3 is 2.79 bits per heavy atom. The highest BCUT2D eigenvalue weighted by atomic mass is 32.1. The van der Waals surface area contributed by atoms with Gasteiger partial charge < -0.3 is 15.2 Å². The normalized spacial score (nSPS) is 11.7. The number of ether oxygens (including phenoxy) is 1. The molecule has 1 heterocycles. The van der Waals surface area contributed by atoms with Gasteiger partial charge in [-0.15, -0.1) is 11.3 Å². The van der Waals surface area contributed by atoms with E-state index in [1.807, 2.05) is 0 Å². The average Bonchev–Trinajstić information content (AvgIpc) is 3.08. The molecule has 0 saturated carbocycles. The lowest BCUT2D eigenvalue weighted by Crippen LogP contribution is -2.23. The number of hydrogen-bond donors (Lipinski definition) is 2. The molecule has 1 aromatic heterocycles. The number of aromatic nitrogens is 1. The number of carbonyl (C=O) groups excluding carboxylic acids is 1. The van der Waals surface area contributed by atoms with Crippen molar-refractivity contribution in [3.63, 3.8) is 0 Å². The van der Waals surface area contributed by atoms with Gasteiger partial charge in [-0.3, -0.25) is 4.79 Å². The molecule has 148 valence electrons. The van der Waals surface area contributed by atoms with Crippen LogP contribution in [-0.2, 0) is 24.1 Å². The number of amides is 1. The summed E-state index contributed by atoms with van der Waals surface area (Å²) in [5.74, 6) is -0.398. The molecule has 3 rings (SSSR count). The second-order valence-corrected chi connectivity index (χ2v) is 7.06. The van der Waals surface area contributed by atoms with Crippen molar-refractivity contribution in [3.05, 3.63) is 64.2 Å². The topological polar surface area (TPSA) is 71.5 Å². The van der Waals surface area contributed by atoms with E-state index in [4.69, 9.17) is 9.84 Å². The molecule has 0 aliphatic heterocycles. The lowest BCUT2D eigenvalue weighted by molar-refractivity contribution is -0.137. The van der Waals surface area contributed by atoms with Crippen molar-refractivity contribution < 1.29 is 27.8 Å². The molecule has 5 nitrogen and oxygen atoms in total. The van der Waals surface area contributed by atoms with E-state index in [1.165, 1.54) is 23.5 Å². The SMILES string of the molecule is O=C(NCc1cccc(C(F)(F)F)c1)c1ccc2sc(COCCO)nc2c1. The fraction of sp³-hybridized carbons (Fsp3) is 0.263. The van der Waals surface area contributed by atoms with Crippen molar-refractivity contribution in [2.45, 2.75) is 19.3 Å². The summed E-state index contributed by atoms with van der Waals surface area (Å²) in [5, 5.41) is 12.1. The van der Waals surface area contributed by atoms with Crippen molar-refractivity contribution in [3.8, 4) is 0 Å². The molecule has 2 aromatic carbocycles. The molecule has 0 atom stereocenters. The maximum Gasteiger partial charge on any atom is 0.416 e. The molecule has 0 unspecified atom stereocenters. The van der Waals surface area contributed by atoms with Crippen molar-refractivity contribution in [2.24, 2.45) is 0 Å². The van der Waals surface area contributed by atoms with Gasteiger partial charge in [-0.25, -0.2) is 4.98 Å². The number of alkyl halides is 3. The Labute approximate surface area is 162 Å². The summed E-state index contributed by atoms with van der Waals surface area (Å²) in [6.07, 6.45) is -4.42. The van der Waals surface area contributed by atoms with Crippen LogP contribution >= 0.6 is 11.3 Å². The van der Waals surface area contributed by atoms with Gasteiger partial charge in [0.05, 0.1) is 35.6 Å². The summed E-state index contributed by atoms with van der Waals surface area (Å²) < 4.78 is 44.4. The Balaban J connectivity index is 1.66. The molecule has 3 aromatic rings. The predicted octanol–water partition coefficient (Wildman–Crippen LogP) is 3.75. The third-order valence-corrected chi connectivity index (χ3v) is 4.87. The summed E-state index contributed by atoms with van der Waals surface area (Å²) in [6.45, 7) is 0.412. The largest absolute Gasteiger partial charge is 0.416 e. The lowest BCUT2D eigenvalue weighted by Gasteiger charge is -2.09. The van der Waals surface area contributed by atoms with Crippen molar-refractivity contribution in [2.75, 3.05) is 13.2 Å². The Hall–Kier alpha value is -2.49. The first kappa shape index (κ1) is 20.2. The number of fused-ring (bicyclic) bond motifs is 1. The van der Waals surface area contributed by atoms with Gasteiger partial charge in [0.1, 0.15) is 5.01 Å². The second-order valence-electron chi connectivity index (χ2n) is 5.95. The molecule has 0 fully saturated rings. The molecular weight excluding hydrogens is 393 g/mol. The summed E-state index contributed by atoms with van der Waals surface area (Å²) in [6, 6.07) is 9.88. The molecule has 0 spiro atoms. The Morgan fingerprint density at radius 1 is 1.21 bits per heavy atom. The second kappa shape index (κ2) is 8.68. The van der Waals surface area contributed by atoms with Gasteiger partial charge in [-0.05, 0) is 35.9 Å². The maximum atomic E-state index is 12.8. The quantitative estimate of drug-likeness (QED) is 0.582. The van der Waals surface area contributed by atoms with Crippen molar-refractivity contribution in [1.29, 1.82) is 0 Å². The van der Waals surface area contributed by atoms with Crippen LogP contribution in [0.5, 0.6) is 0 Å². The van der Waals surface area contributed by atoms with Crippen LogP contribution in [-0.4, -0.2) is 29.2 Å². The average molecular weight is 410 g/mol. The third-order valence-electron chi connectivity index (χ3n) is 3.86. The van der Waals surface area contributed by atoms with Gasteiger partial charge in [-0.2, -0.15) is 13.2 Å². The first-order valence-corrected chi connectivity index (χ1v) is 9.21. The summed E-state index contributed by atoms with van der Waals surface area (Å²) in [7, 11) is 0. The number of nitrogens with zero attached hydrogens (tertiary/aromatic N) is 1. The fourth-order valence-corrected chi connectivity index (χ4v) is 3.43. The van der Waals surface area contributed by atoms with Gasteiger partial charge in [-0.1, -0.05) is 12.1 Å². The van der Waals surface area contributed by atoms with Crippen LogP contribution in [0.2, 0.25) is 0 Å². The molecule has 0 aliphatic rings. The summed E-state index contributed by atoms with van der Waals surface area (Å²) in [4.78, 5) is 16.7. The number of aliphatic hydroxyl groups excluding tert-OH is 1. The minimum atomic E-state index is -4.42. The molecule has 0 bridgehead atoms. The molecule has 28 heavy (non-hydrogen) atoms. The minimum absolute atomic E-state index is 0.0158. The number of halogens is 3. The number of benzene rings is 2. The number of rotatable bonds is 7. The maximum absolute atomic E-state index is 12.8. The van der Waals surface area contributed by atoms with Crippen LogP contribution in [0.4, 0.5) is 13.2 Å². The molecular formula is C19H17F3N2O3S. The zero-order valence-electron chi connectivity index (χ0n) is 14.6. The standard InChI is InChI=1S/C19H17F3N2O3S/c20-19(21,22)14-3-1-2-12(8-14)10-23-18(26)13-4-5-16-15(9-13)24-17(28-16)11-27-7-6-25/h1-5,8-9,25H,6-7,10-11H2,(H,23,26). The highest BCUT2D eigenvalue weighted by molar-refractivity contribution is 7.18. The smallest absolute Gasteiger partial charge is 0.394 e. The molecule has 0 saturated heterocycles. The van der Waals surface area contributed by atoms with E-state index >= 15 is 0 Å². The Kier molecular flexibility index (Phi) is 6.28. The number of hydrogen-bond acceptors (Lipinski definition) is 5. The van der Waals surface area contributed by atoms with Gasteiger partial charge in [0, 0.05) is 12.1 Å². The minimum Gasteiger partial charge on any atom is -0.394 e. The summed E-state index contributed by atoms with van der Waals surface area (Å²) in [5.41, 5.74) is 0.618. The monoisotopic (exact) mass is 410 g/mol. The number of nitrogens with one attached hydrogen (secondary N) is 1. The number of carbonyl (C=O) groups is 1. The summed E-state index contributed by atoms with van der Waals surface area (Å²) >= 11 is 1.43. The first-order valence-electron chi connectivity index (χ1n) is 8.39. The lowest BCUT2D eigenvalue weighted by atomic mass is 10.1. The number of aliphatic hydroxyl groups is 1. The van der Waals surface area contributed by atoms with Crippen LogP contribution < -0.4 is 5.32 Å².